The van der Waals surface area contributed by atoms with Gasteiger partial charge < -0.3 is 9.64 Å². The van der Waals surface area contributed by atoms with E-state index in [4.69, 9.17) is 4.74 Å². The Balaban J connectivity index is 1.95. The number of rotatable bonds is 10. The van der Waals surface area contributed by atoms with Gasteiger partial charge >= 0.3 is 0 Å². The van der Waals surface area contributed by atoms with E-state index in [9.17, 15) is 10.1 Å². The van der Waals surface area contributed by atoms with Gasteiger partial charge in [-0.1, -0.05) is 31.2 Å². The molecule has 5 heteroatoms. The number of nitro groups is 1. The van der Waals surface area contributed by atoms with Crippen LogP contribution in [0.5, 0.6) is 5.75 Å². The first kappa shape index (κ1) is 19.9. The first-order valence-corrected chi connectivity index (χ1v) is 9.13. The molecule has 0 atom stereocenters. The minimum absolute atomic E-state index is 0.211. The fraction of sp³-hybridized carbons (Fsp3) is 0.429. The van der Waals surface area contributed by atoms with Gasteiger partial charge in [-0.15, -0.1) is 0 Å². The third-order valence-corrected chi connectivity index (χ3v) is 4.73. The van der Waals surface area contributed by atoms with Crippen LogP contribution in [0.15, 0.2) is 42.5 Å². The van der Waals surface area contributed by atoms with Crippen molar-refractivity contribution >= 4 is 5.69 Å². The van der Waals surface area contributed by atoms with Crippen molar-refractivity contribution in [2.75, 3.05) is 26.7 Å². The quantitative estimate of drug-likeness (QED) is 0.467. The summed E-state index contributed by atoms with van der Waals surface area (Å²) in [5.41, 5.74) is 3.34. The highest BCUT2D eigenvalue weighted by molar-refractivity contribution is 5.44. The second-order valence-corrected chi connectivity index (χ2v) is 6.51. The number of hydrogen-bond acceptors (Lipinski definition) is 4. The average Bonchev–Trinajstić information content (AvgIpc) is 2.65. The monoisotopic (exact) mass is 356 g/mol. The molecule has 2 aromatic rings. The second-order valence-electron chi connectivity index (χ2n) is 6.51. The number of benzene rings is 2. The third kappa shape index (κ3) is 5.56. The Hall–Kier alpha value is -2.40. The average molecular weight is 356 g/mol. The Morgan fingerprint density at radius 1 is 1.04 bits per heavy atom. The first-order chi connectivity index (χ1) is 12.5. The van der Waals surface area contributed by atoms with Gasteiger partial charge in [-0.05, 0) is 56.0 Å². The van der Waals surface area contributed by atoms with Gasteiger partial charge in [0.1, 0.15) is 5.75 Å². The maximum absolute atomic E-state index is 11.1. The molecule has 2 rings (SSSR count). The summed E-state index contributed by atoms with van der Waals surface area (Å²) >= 11 is 0. The van der Waals surface area contributed by atoms with E-state index in [1.807, 2.05) is 25.1 Å². The molecule has 0 radical (unpaired) electrons. The van der Waals surface area contributed by atoms with Crippen LogP contribution < -0.4 is 4.74 Å². The van der Waals surface area contributed by atoms with E-state index in [0.29, 0.717) is 0 Å². The molecule has 5 nitrogen and oxygen atoms in total. The smallest absolute Gasteiger partial charge is 0.272 e. The molecule has 0 saturated carbocycles. The summed E-state index contributed by atoms with van der Waals surface area (Å²) in [7, 11) is 1.67. The maximum Gasteiger partial charge on any atom is 0.272 e. The summed E-state index contributed by atoms with van der Waals surface area (Å²) in [5.74, 6) is 0.875. The van der Waals surface area contributed by atoms with E-state index in [-0.39, 0.29) is 10.6 Å². The predicted molar refractivity (Wildman–Crippen MR) is 105 cm³/mol. The first-order valence-electron chi connectivity index (χ1n) is 9.13. The summed E-state index contributed by atoms with van der Waals surface area (Å²) in [6, 6.07) is 13.5. The van der Waals surface area contributed by atoms with Crippen LogP contribution in [0.4, 0.5) is 5.69 Å². The normalized spacial score (nSPS) is 10.9. The molecule has 26 heavy (non-hydrogen) atoms. The minimum atomic E-state index is -0.299. The number of methoxy groups -OCH3 is 1. The zero-order valence-electron chi connectivity index (χ0n) is 15.9. The molecule has 0 saturated heterocycles. The molecular weight excluding hydrogens is 328 g/mol. The SMILES string of the molecule is CCCN(CCc1ccc(OC)cc1)CCc1cccc([N+](=O)[O-])c1C. The molecule has 0 aromatic heterocycles. The van der Waals surface area contributed by atoms with E-state index < -0.39 is 0 Å². The Morgan fingerprint density at radius 3 is 2.35 bits per heavy atom. The zero-order valence-corrected chi connectivity index (χ0v) is 15.9. The van der Waals surface area contributed by atoms with E-state index in [2.05, 4.69) is 24.0 Å². The Bertz CT molecular complexity index is 714. The van der Waals surface area contributed by atoms with Crippen LogP contribution in [0.3, 0.4) is 0 Å². The highest BCUT2D eigenvalue weighted by Crippen LogP contribution is 2.21. The van der Waals surface area contributed by atoms with E-state index in [1.165, 1.54) is 5.56 Å². The largest absolute Gasteiger partial charge is 0.497 e. The Kier molecular flexibility index (Phi) is 7.60. The van der Waals surface area contributed by atoms with Crippen molar-refractivity contribution in [2.45, 2.75) is 33.1 Å². The Morgan fingerprint density at radius 2 is 1.73 bits per heavy atom. The molecule has 0 aliphatic heterocycles. The van der Waals surface area contributed by atoms with Crippen LogP contribution in [0, 0.1) is 17.0 Å². The summed E-state index contributed by atoms with van der Waals surface area (Å²) in [6.07, 6.45) is 2.91. The van der Waals surface area contributed by atoms with Crippen LogP contribution in [0.1, 0.15) is 30.0 Å². The van der Waals surface area contributed by atoms with Crippen LogP contribution in [0.25, 0.3) is 0 Å². The van der Waals surface area contributed by atoms with Gasteiger partial charge in [-0.2, -0.15) is 0 Å². The summed E-state index contributed by atoms with van der Waals surface area (Å²) in [4.78, 5) is 13.2. The predicted octanol–water partition coefficient (Wildman–Crippen LogP) is 4.41. The molecule has 0 unspecified atom stereocenters. The third-order valence-electron chi connectivity index (χ3n) is 4.73. The number of nitrogens with zero attached hydrogens (tertiary/aromatic N) is 2. The molecule has 0 aliphatic rings. The van der Waals surface area contributed by atoms with Crippen LogP contribution >= 0.6 is 0 Å². The van der Waals surface area contributed by atoms with Crippen LogP contribution in [-0.2, 0) is 12.8 Å². The van der Waals surface area contributed by atoms with Crippen molar-refractivity contribution < 1.29 is 9.66 Å². The Labute approximate surface area is 155 Å². The van der Waals surface area contributed by atoms with Crippen molar-refractivity contribution in [1.29, 1.82) is 0 Å². The molecule has 0 heterocycles. The molecule has 0 N–H and O–H groups in total. The van der Waals surface area contributed by atoms with Gasteiger partial charge in [0.25, 0.3) is 5.69 Å². The summed E-state index contributed by atoms with van der Waals surface area (Å²) in [6.45, 7) is 6.94. The van der Waals surface area contributed by atoms with Gasteiger partial charge in [-0.3, -0.25) is 10.1 Å². The van der Waals surface area contributed by atoms with E-state index >= 15 is 0 Å². The number of ether oxygens (including phenoxy) is 1. The fourth-order valence-electron chi connectivity index (χ4n) is 3.15. The van der Waals surface area contributed by atoms with Crippen molar-refractivity contribution in [1.82, 2.24) is 4.90 Å². The van der Waals surface area contributed by atoms with Crippen molar-refractivity contribution in [3.05, 3.63) is 69.3 Å². The highest BCUT2D eigenvalue weighted by atomic mass is 16.6. The van der Waals surface area contributed by atoms with Gasteiger partial charge in [-0.25, -0.2) is 0 Å². The molecule has 140 valence electrons. The van der Waals surface area contributed by atoms with Crippen molar-refractivity contribution in [2.24, 2.45) is 0 Å². The molecule has 2 aromatic carbocycles. The standard InChI is InChI=1S/C21H28N2O3/c1-4-14-22(15-12-18-8-10-20(26-3)11-9-18)16-13-19-6-5-7-21(17(19)2)23(24)25/h5-11H,4,12-16H2,1-3H3. The van der Waals surface area contributed by atoms with E-state index in [1.54, 1.807) is 19.2 Å². The van der Waals surface area contributed by atoms with Gasteiger partial charge in [0, 0.05) is 24.7 Å². The second kappa shape index (κ2) is 9.92. The fourth-order valence-corrected chi connectivity index (χ4v) is 3.15. The van der Waals surface area contributed by atoms with Crippen LogP contribution in [-0.4, -0.2) is 36.6 Å². The lowest BCUT2D eigenvalue weighted by Crippen LogP contribution is -2.29. The lowest BCUT2D eigenvalue weighted by Gasteiger charge is -2.22. The van der Waals surface area contributed by atoms with Gasteiger partial charge in [0.15, 0.2) is 0 Å². The van der Waals surface area contributed by atoms with Crippen molar-refractivity contribution in [3.8, 4) is 5.75 Å². The molecule has 0 bridgehead atoms. The van der Waals surface area contributed by atoms with Gasteiger partial charge in [0.05, 0.1) is 12.0 Å². The number of hydrogen-bond donors (Lipinski definition) is 0. The highest BCUT2D eigenvalue weighted by Gasteiger charge is 2.14. The summed E-state index contributed by atoms with van der Waals surface area (Å²) < 4.78 is 5.20. The zero-order chi connectivity index (χ0) is 18.9. The molecule has 0 spiro atoms. The lowest BCUT2D eigenvalue weighted by atomic mass is 10.0. The van der Waals surface area contributed by atoms with Crippen molar-refractivity contribution in [3.63, 3.8) is 0 Å². The number of nitro benzene ring substituents is 1. The summed E-state index contributed by atoms with van der Waals surface area (Å²) in [5, 5.41) is 11.1. The minimum Gasteiger partial charge on any atom is -0.497 e. The van der Waals surface area contributed by atoms with Gasteiger partial charge in [0.2, 0.25) is 0 Å². The van der Waals surface area contributed by atoms with Crippen LogP contribution in [0.2, 0.25) is 0 Å². The molecule has 0 amide bonds. The maximum atomic E-state index is 11.1. The molecule has 0 aliphatic carbocycles. The topological polar surface area (TPSA) is 55.6 Å². The lowest BCUT2D eigenvalue weighted by molar-refractivity contribution is -0.385. The van der Waals surface area contributed by atoms with E-state index in [0.717, 1.165) is 55.8 Å². The molecule has 0 fully saturated rings. The molecular formula is C21H28N2O3.